The molecular formula is C14H14N2. The highest BCUT2D eigenvalue weighted by molar-refractivity contribution is 5.46. The zero-order chi connectivity index (χ0) is 11.7. The number of hydrogen-bond acceptors (Lipinski definition) is 1. The molecule has 0 radical (unpaired) electrons. The monoisotopic (exact) mass is 210 g/mol. The molecule has 80 valence electrons. The summed E-state index contributed by atoms with van der Waals surface area (Å²) < 4.78 is 2.11. The van der Waals surface area contributed by atoms with Gasteiger partial charge in [-0.2, -0.15) is 5.26 Å². The molecule has 0 aliphatic heterocycles. The first-order chi connectivity index (χ1) is 7.63. The zero-order valence-corrected chi connectivity index (χ0v) is 9.78. The van der Waals surface area contributed by atoms with Crippen molar-refractivity contribution >= 4 is 0 Å². The third kappa shape index (κ3) is 1.61. The first kappa shape index (κ1) is 10.5. The van der Waals surface area contributed by atoms with E-state index in [2.05, 4.69) is 41.8 Å². The minimum atomic E-state index is 0.748. The van der Waals surface area contributed by atoms with Gasteiger partial charge in [-0.05, 0) is 39.0 Å². The van der Waals surface area contributed by atoms with Crippen LogP contribution in [0, 0.1) is 32.1 Å². The molecule has 0 bridgehead atoms. The number of benzene rings is 1. The van der Waals surface area contributed by atoms with E-state index in [-0.39, 0.29) is 0 Å². The van der Waals surface area contributed by atoms with E-state index in [0.717, 1.165) is 22.6 Å². The topological polar surface area (TPSA) is 28.7 Å². The Morgan fingerprint density at radius 3 is 2.19 bits per heavy atom. The molecule has 2 rings (SSSR count). The Morgan fingerprint density at radius 2 is 1.69 bits per heavy atom. The largest absolute Gasteiger partial charge is 0.317 e. The number of hydrogen-bond donors (Lipinski definition) is 0. The highest BCUT2D eigenvalue weighted by Gasteiger charge is 2.09. The second-order valence-electron chi connectivity index (χ2n) is 4.07. The molecule has 0 amide bonds. The van der Waals surface area contributed by atoms with Crippen LogP contribution in [0.15, 0.2) is 30.3 Å². The van der Waals surface area contributed by atoms with Crippen molar-refractivity contribution in [3.8, 4) is 11.8 Å². The summed E-state index contributed by atoms with van der Waals surface area (Å²) in [4.78, 5) is 0. The fraction of sp³-hybridized carbons (Fsp3) is 0.214. The molecule has 0 aliphatic rings. The van der Waals surface area contributed by atoms with Crippen LogP contribution in [0.2, 0.25) is 0 Å². The van der Waals surface area contributed by atoms with E-state index in [1.807, 2.05) is 19.9 Å². The van der Waals surface area contributed by atoms with E-state index >= 15 is 0 Å². The fourth-order valence-corrected chi connectivity index (χ4v) is 1.97. The lowest BCUT2D eigenvalue weighted by Crippen LogP contribution is -1.98. The molecule has 2 heteroatoms. The predicted molar refractivity (Wildman–Crippen MR) is 64.7 cm³/mol. The normalized spacial score (nSPS) is 10.1. The van der Waals surface area contributed by atoms with Gasteiger partial charge < -0.3 is 4.57 Å². The van der Waals surface area contributed by atoms with Gasteiger partial charge >= 0.3 is 0 Å². The molecule has 0 aliphatic carbocycles. The molecule has 1 heterocycles. The van der Waals surface area contributed by atoms with E-state index < -0.39 is 0 Å². The number of rotatable bonds is 1. The van der Waals surface area contributed by atoms with E-state index in [1.165, 1.54) is 5.56 Å². The maximum Gasteiger partial charge on any atom is 0.101 e. The van der Waals surface area contributed by atoms with Crippen molar-refractivity contribution in [1.82, 2.24) is 4.57 Å². The minimum absolute atomic E-state index is 0.748. The Hall–Kier alpha value is -2.01. The van der Waals surface area contributed by atoms with E-state index in [1.54, 1.807) is 0 Å². The fourth-order valence-electron chi connectivity index (χ4n) is 1.97. The van der Waals surface area contributed by atoms with Crippen LogP contribution in [-0.4, -0.2) is 4.57 Å². The highest BCUT2D eigenvalue weighted by atomic mass is 15.0. The number of aromatic nitrogens is 1. The van der Waals surface area contributed by atoms with Gasteiger partial charge in [0.25, 0.3) is 0 Å². The molecule has 2 aromatic rings. The van der Waals surface area contributed by atoms with Crippen molar-refractivity contribution in [2.45, 2.75) is 20.8 Å². The molecular weight excluding hydrogens is 196 g/mol. The molecule has 1 aromatic carbocycles. The summed E-state index contributed by atoms with van der Waals surface area (Å²) in [5.41, 5.74) is 5.20. The molecule has 0 spiro atoms. The molecule has 0 N–H and O–H groups in total. The summed E-state index contributed by atoms with van der Waals surface area (Å²) in [6.45, 7) is 6.07. The van der Waals surface area contributed by atoms with Crippen molar-refractivity contribution in [1.29, 1.82) is 5.26 Å². The molecule has 16 heavy (non-hydrogen) atoms. The summed E-state index contributed by atoms with van der Waals surface area (Å²) in [6, 6.07) is 12.5. The smallest absolute Gasteiger partial charge is 0.101 e. The molecule has 0 saturated carbocycles. The lowest BCUT2D eigenvalue weighted by Gasteiger charge is -2.09. The van der Waals surface area contributed by atoms with Crippen molar-refractivity contribution in [2.24, 2.45) is 0 Å². The Bertz CT molecular complexity index is 554. The van der Waals surface area contributed by atoms with Gasteiger partial charge in [0.05, 0.1) is 5.56 Å². The van der Waals surface area contributed by atoms with Gasteiger partial charge in [-0.1, -0.05) is 17.7 Å². The highest BCUT2D eigenvalue weighted by Crippen LogP contribution is 2.20. The van der Waals surface area contributed by atoms with Crippen molar-refractivity contribution in [2.75, 3.05) is 0 Å². The number of nitrogens with zero attached hydrogens (tertiary/aromatic N) is 2. The lowest BCUT2D eigenvalue weighted by atomic mass is 10.2. The standard InChI is InChI=1S/C14H14N2/c1-10-4-6-14(7-5-10)16-11(2)8-13(9-15)12(16)3/h4-8H,1-3H3. The summed E-state index contributed by atoms with van der Waals surface area (Å²) in [5, 5.41) is 8.98. The van der Waals surface area contributed by atoms with Crippen molar-refractivity contribution < 1.29 is 0 Å². The first-order valence-corrected chi connectivity index (χ1v) is 5.29. The van der Waals surface area contributed by atoms with Crippen molar-refractivity contribution in [3.63, 3.8) is 0 Å². The van der Waals surface area contributed by atoms with Crippen LogP contribution in [0.25, 0.3) is 5.69 Å². The number of aryl methyl sites for hydroxylation is 2. The van der Waals surface area contributed by atoms with Crippen LogP contribution in [0.4, 0.5) is 0 Å². The average molecular weight is 210 g/mol. The SMILES string of the molecule is Cc1ccc(-n2c(C)cc(C#N)c2C)cc1. The molecule has 0 saturated heterocycles. The van der Waals surface area contributed by atoms with Crippen LogP contribution in [0.1, 0.15) is 22.5 Å². The van der Waals surface area contributed by atoms with Crippen LogP contribution in [0.3, 0.4) is 0 Å². The molecule has 1 aromatic heterocycles. The average Bonchev–Trinajstić information content (AvgIpc) is 2.56. The third-order valence-electron chi connectivity index (χ3n) is 2.84. The Labute approximate surface area is 95.8 Å². The van der Waals surface area contributed by atoms with E-state index in [0.29, 0.717) is 0 Å². The Morgan fingerprint density at radius 1 is 1.06 bits per heavy atom. The second kappa shape index (κ2) is 3.86. The van der Waals surface area contributed by atoms with Gasteiger partial charge in [0.15, 0.2) is 0 Å². The van der Waals surface area contributed by atoms with Gasteiger partial charge in [0.2, 0.25) is 0 Å². The predicted octanol–water partition coefficient (Wildman–Crippen LogP) is 3.27. The van der Waals surface area contributed by atoms with Crippen LogP contribution in [0.5, 0.6) is 0 Å². The van der Waals surface area contributed by atoms with Gasteiger partial charge in [-0.15, -0.1) is 0 Å². The zero-order valence-electron chi connectivity index (χ0n) is 9.78. The molecule has 0 fully saturated rings. The maximum absolute atomic E-state index is 8.98. The Balaban J connectivity index is 2.61. The van der Waals surface area contributed by atoms with E-state index in [9.17, 15) is 0 Å². The van der Waals surface area contributed by atoms with Crippen LogP contribution in [-0.2, 0) is 0 Å². The maximum atomic E-state index is 8.98. The lowest BCUT2D eigenvalue weighted by molar-refractivity contribution is 0.963. The summed E-state index contributed by atoms with van der Waals surface area (Å²) in [7, 11) is 0. The molecule has 0 atom stereocenters. The molecule has 2 nitrogen and oxygen atoms in total. The van der Waals surface area contributed by atoms with Gasteiger partial charge in [-0.3, -0.25) is 0 Å². The third-order valence-corrected chi connectivity index (χ3v) is 2.84. The molecule has 0 unspecified atom stereocenters. The summed E-state index contributed by atoms with van der Waals surface area (Å²) >= 11 is 0. The minimum Gasteiger partial charge on any atom is -0.317 e. The summed E-state index contributed by atoms with van der Waals surface area (Å²) in [5.74, 6) is 0. The quantitative estimate of drug-likeness (QED) is 0.710. The summed E-state index contributed by atoms with van der Waals surface area (Å²) in [6.07, 6.45) is 0. The van der Waals surface area contributed by atoms with E-state index in [4.69, 9.17) is 5.26 Å². The van der Waals surface area contributed by atoms with Gasteiger partial charge in [-0.25, -0.2) is 0 Å². The van der Waals surface area contributed by atoms with Gasteiger partial charge in [0.1, 0.15) is 6.07 Å². The number of nitriles is 1. The first-order valence-electron chi connectivity index (χ1n) is 5.29. The Kier molecular flexibility index (Phi) is 2.54. The second-order valence-corrected chi connectivity index (χ2v) is 4.07. The van der Waals surface area contributed by atoms with Gasteiger partial charge in [0, 0.05) is 17.1 Å². The van der Waals surface area contributed by atoms with Crippen LogP contribution >= 0.6 is 0 Å². The van der Waals surface area contributed by atoms with Crippen LogP contribution < -0.4 is 0 Å². The van der Waals surface area contributed by atoms with Crippen molar-refractivity contribution in [3.05, 3.63) is 52.8 Å².